The highest BCUT2D eigenvalue weighted by Crippen LogP contribution is 2.26. The molecule has 1 unspecified atom stereocenters. The first-order chi connectivity index (χ1) is 7.20. The molecule has 78 valence electrons. The fourth-order valence-electron chi connectivity index (χ4n) is 1.64. The second kappa shape index (κ2) is 4.13. The average molecular weight is 218 g/mol. The van der Waals surface area contributed by atoms with Crippen LogP contribution in [-0.2, 0) is 0 Å². The van der Waals surface area contributed by atoms with Crippen LogP contribution in [0.1, 0.15) is 27.6 Å². The molecule has 0 aliphatic carbocycles. The second-order valence-corrected chi connectivity index (χ2v) is 4.59. The van der Waals surface area contributed by atoms with E-state index in [-0.39, 0.29) is 6.04 Å². The summed E-state index contributed by atoms with van der Waals surface area (Å²) < 4.78 is 0. The Hall–Kier alpha value is -1.19. The van der Waals surface area contributed by atoms with Gasteiger partial charge < -0.3 is 5.73 Å². The summed E-state index contributed by atoms with van der Waals surface area (Å²) in [5.41, 5.74) is 11.8. The predicted molar refractivity (Wildman–Crippen MR) is 64.1 cm³/mol. The molecule has 0 saturated carbocycles. The molecule has 0 radical (unpaired) electrons. The fourth-order valence-corrected chi connectivity index (χ4v) is 2.28. The van der Waals surface area contributed by atoms with Crippen LogP contribution in [0, 0.1) is 13.8 Å². The van der Waals surface area contributed by atoms with E-state index in [9.17, 15) is 0 Å². The standard InChI is InChI=1S/C12H14N2S/c1-8-4-3-5-10(9(8)2)12(13)11-6-14-7-15-11/h3-7,12H,13H2,1-2H3. The van der Waals surface area contributed by atoms with Crippen molar-refractivity contribution in [2.24, 2.45) is 5.73 Å². The van der Waals surface area contributed by atoms with E-state index in [0.717, 1.165) is 4.88 Å². The topological polar surface area (TPSA) is 38.9 Å². The molecular formula is C12H14N2S. The van der Waals surface area contributed by atoms with Gasteiger partial charge in [-0.05, 0) is 30.5 Å². The molecule has 0 bridgehead atoms. The summed E-state index contributed by atoms with van der Waals surface area (Å²) >= 11 is 1.60. The van der Waals surface area contributed by atoms with Gasteiger partial charge in [0, 0.05) is 11.1 Å². The molecule has 1 atom stereocenters. The third-order valence-corrected chi connectivity index (χ3v) is 3.60. The van der Waals surface area contributed by atoms with Crippen LogP contribution in [0.3, 0.4) is 0 Å². The van der Waals surface area contributed by atoms with Crippen molar-refractivity contribution in [3.8, 4) is 0 Å². The number of aryl methyl sites for hydroxylation is 1. The van der Waals surface area contributed by atoms with E-state index in [1.54, 1.807) is 11.3 Å². The molecule has 0 amide bonds. The summed E-state index contributed by atoms with van der Waals surface area (Å²) in [6, 6.07) is 6.21. The average Bonchev–Trinajstić information content (AvgIpc) is 2.74. The Balaban J connectivity index is 2.42. The number of hydrogen-bond acceptors (Lipinski definition) is 3. The highest BCUT2D eigenvalue weighted by molar-refractivity contribution is 7.09. The summed E-state index contributed by atoms with van der Waals surface area (Å²) in [5.74, 6) is 0. The van der Waals surface area contributed by atoms with E-state index in [0.29, 0.717) is 0 Å². The summed E-state index contributed by atoms with van der Waals surface area (Å²) in [5, 5.41) is 0. The first kappa shape index (κ1) is 10.3. The van der Waals surface area contributed by atoms with Crippen LogP contribution < -0.4 is 5.73 Å². The zero-order chi connectivity index (χ0) is 10.8. The molecule has 1 heterocycles. The lowest BCUT2D eigenvalue weighted by atomic mass is 9.97. The van der Waals surface area contributed by atoms with Crippen molar-refractivity contribution in [3.63, 3.8) is 0 Å². The van der Waals surface area contributed by atoms with Crippen molar-refractivity contribution in [2.45, 2.75) is 19.9 Å². The summed E-state index contributed by atoms with van der Waals surface area (Å²) in [7, 11) is 0. The number of thiazole rings is 1. The molecule has 3 heteroatoms. The number of benzene rings is 1. The highest BCUT2D eigenvalue weighted by Gasteiger charge is 2.13. The Labute approximate surface area is 93.8 Å². The van der Waals surface area contributed by atoms with Gasteiger partial charge in [0.2, 0.25) is 0 Å². The van der Waals surface area contributed by atoms with E-state index in [4.69, 9.17) is 5.73 Å². The molecule has 2 aromatic rings. The molecule has 1 aromatic carbocycles. The van der Waals surface area contributed by atoms with Gasteiger partial charge in [0.1, 0.15) is 0 Å². The molecule has 2 N–H and O–H groups in total. The van der Waals surface area contributed by atoms with Gasteiger partial charge in [-0.3, -0.25) is 4.98 Å². The van der Waals surface area contributed by atoms with Gasteiger partial charge in [0.15, 0.2) is 0 Å². The van der Waals surface area contributed by atoms with Gasteiger partial charge in [-0.25, -0.2) is 0 Å². The van der Waals surface area contributed by atoms with E-state index < -0.39 is 0 Å². The Morgan fingerprint density at radius 1 is 1.33 bits per heavy atom. The Morgan fingerprint density at radius 3 is 2.80 bits per heavy atom. The summed E-state index contributed by atoms with van der Waals surface area (Å²) in [6.07, 6.45) is 1.84. The van der Waals surface area contributed by atoms with Crippen LogP contribution in [0.25, 0.3) is 0 Å². The number of nitrogens with two attached hydrogens (primary N) is 1. The van der Waals surface area contributed by atoms with Gasteiger partial charge in [-0.1, -0.05) is 18.2 Å². The molecule has 0 spiro atoms. The minimum atomic E-state index is -0.0441. The van der Waals surface area contributed by atoms with Gasteiger partial charge >= 0.3 is 0 Å². The lowest BCUT2D eigenvalue weighted by Crippen LogP contribution is -2.12. The predicted octanol–water partition coefficient (Wildman–Crippen LogP) is 2.81. The van der Waals surface area contributed by atoms with E-state index in [1.807, 2.05) is 11.7 Å². The van der Waals surface area contributed by atoms with Crippen molar-refractivity contribution < 1.29 is 0 Å². The van der Waals surface area contributed by atoms with Crippen LogP contribution in [0.2, 0.25) is 0 Å². The van der Waals surface area contributed by atoms with Crippen LogP contribution in [0.5, 0.6) is 0 Å². The number of hydrogen-bond donors (Lipinski definition) is 1. The van der Waals surface area contributed by atoms with Crippen molar-refractivity contribution in [1.29, 1.82) is 0 Å². The van der Waals surface area contributed by atoms with Crippen molar-refractivity contribution in [3.05, 3.63) is 51.5 Å². The van der Waals surface area contributed by atoms with Crippen LogP contribution in [-0.4, -0.2) is 4.98 Å². The zero-order valence-corrected chi connectivity index (χ0v) is 9.71. The normalized spacial score (nSPS) is 12.7. The Morgan fingerprint density at radius 2 is 2.13 bits per heavy atom. The van der Waals surface area contributed by atoms with E-state index in [1.165, 1.54) is 16.7 Å². The lowest BCUT2D eigenvalue weighted by molar-refractivity contribution is 0.875. The summed E-state index contributed by atoms with van der Waals surface area (Å²) in [6.45, 7) is 4.23. The van der Waals surface area contributed by atoms with E-state index in [2.05, 4.69) is 37.0 Å². The van der Waals surface area contributed by atoms with Crippen LogP contribution in [0.4, 0.5) is 0 Å². The molecule has 15 heavy (non-hydrogen) atoms. The highest BCUT2D eigenvalue weighted by atomic mass is 32.1. The van der Waals surface area contributed by atoms with E-state index >= 15 is 0 Å². The number of nitrogens with zero attached hydrogens (tertiary/aromatic N) is 1. The molecule has 0 aliphatic rings. The maximum absolute atomic E-state index is 6.20. The fraction of sp³-hybridized carbons (Fsp3) is 0.250. The summed E-state index contributed by atoms with van der Waals surface area (Å²) in [4.78, 5) is 5.17. The molecule has 2 rings (SSSR count). The third kappa shape index (κ3) is 1.94. The largest absolute Gasteiger partial charge is 0.320 e. The monoisotopic (exact) mass is 218 g/mol. The minimum Gasteiger partial charge on any atom is -0.320 e. The molecule has 1 aromatic heterocycles. The van der Waals surface area contributed by atoms with Crippen LogP contribution >= 0.6 is 11.3 Å². The van der Waals surface area contributed by atoms with Gasteiger partial charge in [0.25, 0.3) is 0 Å². The molecule has 0 aliphatic heterocycles. The van der Waals surface area contributed by atoms with Crippen LogP contribution in [0.15, 0.2) is 29.9 Å². The smallest absolute Gasteiger partial charge is 0.0794 e. The minimum absolute atomic E-state index is 0.0441. The molecular weight excluding hydrogens is 204 g/mol. The Bertz CT molecular complexity index is 449. The quantitative estimate of drug-likeness (QED) is 0.841. The van der Waals surface area contributed by atoms with Crippen molar-refractivity contribution >= 4 is 11.3 Å². The van der Waals surface area contributed by atoms with Gasteiger partial charge in [-0.15, -0.1) is 11.3 Å². The van der Waals surface area contributed by atoms with Gasteiger partial charge in [-0.2, -0.15) is 0 Å². The maximum Gasteiger partial charge on any atom is 0.0794 e. The lowest BCUT2D eigenvalue weighted by Gasteiger charge is -2.14. The SMILES string of the molecule is Cc1cccc(C(N)c2cncs2)c1C. The first-order valence-electron chi connectivity index (χ1n) is 4.90. The zero-order valence-electron chi connectivity index (χ0n) is 8.90. The number of rotatable bonds is 2. The third-order valence-electron chi connectivity index (χ3n) is 2.74. The molecule has 0 fully saturated rings. The Kier molecular flexibility index (Phi) is 2.84. The van der Waals surface area contributed by atoms with Gasteiger partial charge in [0.05, 0.1) is 11.6 Å². The molecule has 0 saturated heterocycles. The second-order valence-electron chi connectivity index (χ2n) is 3.67. The first-order valence-corrected chi connectivity index (χ1v) is 5.78. The number of aromatic nitrogens is 1. The molecule has 2 nitrogen and oxygen atoms in total. The van der Waals surface area contributed by atoms with Crippen molar-refractivity contribution in [1.82, 2.24) is 4.98 Å². The van der Waals surface area contributed by atoms with Crippen molar-refractivity contribution in [2.75, 3.05) is 0 Å². The maximum atomic E-state index is 6.20.